The van der Waals surface area contributed by atoms with Crippen LogP contribution in [0.4, 0.5) is 5.69 Å². The van der Waals surface area contributed by atoms with E-state index in [0.29, 0.717) is 11.3 Å². The number of benzene rings is 1. The molecule has 0 bridgehead atoms. The number of nitrogen functional groups attached to an aromatic ring is 1. The molecule has 0 fully saturated rings. The maximum atomic E-state index is 11.8. The molecule has 4 N–H and O–H groups in total. The van der Waals surface area contributed by atoms with Crippen molar-refractivity contribution < 1.29 is 13.2 Å². The lowest BCUT2D eigenvalue weighted by Gasteiger charge is -2.07. The Bertz CT molecular complexity index is 509. The first kappa shape index (κ1) is 12.5. The van der Waals surface area contributed by atoms with Gasteiger partial charge >= 0.3 is 0 Å². The summed E-state index contributed by atoms with van der Waals surface area (Å²) >= 11 is 0. The number of primary amides is 1. The normalized spacial score (nSPS) is 11.3. The fourth-order valence-electron chi connectivity index (χ4n) is 1.30. The van der Waals surface area contributed by atoms with Crippen molar-refractivity contribution in [3.8, 4) is 0 Å². The summed E-state index contributed by atoms with van der Waals surface area (Å²) in [6, 6.07) is 4.65. The molecular weight excluding hydrogens is 228 g/mol. The average Bonchev–Trinajstić information content (AvgIpc) is 2.19. The van der Waals surface area contributed by atoms with E-state index in [1.54, 1.807) is 19.1 Å². The van der Waals surface area contributed by atoms with E-state index < -0.39 is 15.7 Å². The largest absolute Gasteiger partial charge is 0.399 e. The predicted molar refractivity (Wildman–Crippen MR) is 61.5 cm³/mol. The molecule has 88 valence electrons. The van der Waals surface area contributed by atoms with Crippen LogP contribution in [0.3, 0.4) is 0 Å². The van der Waals surface area contributed by atoms with Gasteiger partial charge in [-0.15, -0.1) is 0 Å². The second-order valence-electron chi connectivity index (χ2n) is 3.56. The van der Waals surface area contributed by atoms with Crippen LogP contribution >= 0.6 is 0 Å². The van der Waals surface area contributed by atoms with E-state index in [9.17, 15) is 13.2 Å². The Labute approximate surface area is 94.4 Å². The minimum atomic E-state index is -3.49. The highest BCUT2D eigenvalue weighted by Crippen LogP contribution is 2.20. The summed E-state index contributed by atoms with van der Waals surface area (Å²) in [7, 11) is -3.49. The number of aryl methyl sites for hydroxylation is 1. The van der Waals surface area contributed by atoms with Gasteiger partial charge in [-0.1, -0.05) is 6.07 Å². The van der Waals surface area contributed by atoms with Crippen molar-refractivity contribution in [3.05, 3.63) is 23.8 Å². The van der Waals surface area contributed by atoms with Gasteiger partial charge in [0.15, 0.2) is 9.84 Å². The third kappa shape index (κ3) is 2.96. The summed E-state index contributed by atoms with van der Waals surface area (Å²) < 4.78 is 23.7. The fourth-order valence-corrected chi connectivity index (χ4v) is 2.86. The Morgan fingerprint density at radius 3 is 2.56 bits per heavy atom. The van der Waals surface area contributed by atoms with E-state index in [-0.39, 0.29) is 17.1 Å². The van der Waals surface area contributed by atoms with Crippen molar-refractivity contribution in [3.63, 3.8) is 0 Å². The molecule has 0 unspecified atom stereocenters. The lowest BCUT2D eigenvalue weighted by Crippen LogP contribution is -2.17. The van der Waals surface area contributed by atoms with Crippen LogP contribution in [0, 0.1) is 6.92 Å². The van der Waals surface area contributed by atoms with Crippen molar-refractivity contribution in [2.24, 2.45) is 5.73 Å². The predicted octanol–water partition coefficient (Wildman–Crippen LogP) is 0.226. The number of anilines is 1. The van der Waals surface area contributed by atoms with Gasteiger partial charge in [0, 0.05) is 12.1 Å². The molecule has 0 aliphatic heterocycles. The van der Waals surface area contributed by atoms with Crippen molar-refractivity contribution in [1.29, 1.82) is 0 Å². The number of carbonyl (C=O) groups is 1. The van der Waals surface area contributed by atoms with Crippen LogP contribution in [0.5, 0.6) is 0 Å². The molecule has 1 aromatic carbocycles. The highest BCUT2D eigenvalue weighted by Gasteiger charge is 2.18. The number of hydrogen-bond acceptors (Lipinski definition) is 4. The lowest BCUT2D eigenvalue weighted by molar-refractivity contribution is -0.117. The van der Waals surface area contributed by atoms with Gasteiger partial charge in [-0.25, -0.2) is 8.42 Å². The Balaban J connectivity index is 3.07. The van der Waals surface area contributed by atoms with Crippen molar-refractivity contribution in [2.75, 3.05) is 11.5 Å². The van der Waals surface area contributed by atoms with Crippen molar-refractivity contribution in [2.45, 2.75) is 18.2 Å². The summed E-state index contributed by atoms with van der Waals surface area (Å²) in [6.45, 7) is 1.68. The SMILES string of the molecule is Cc1ccc(N)cc1S(=O)(=O)CCC(N)=O. The summed E-state index contributed by atoms with van der Waals surface area (Å²) in [5.74, 6) is -0.919. The first-order valence-electron chi connectivity index (χ1n) is 4.70. The summed E-state index contributed by atoms with van der Waals surface area (Å²) in [5.41, 5.74) is 11.4. The average molecular weight is 242 g/mol. The van der Waals surface area contributed by atoms with E-state index in [0.717, 1.165) is 0 Å². The number of sulfone groups is 1. The molecule has 0 aromatic heterocycles. The van der Waals surface area contributed by atoms with E-state index in [2.05, 4.69) is 0 Å². The van der Waals surface area contributed by atoms with Crippen molar-refractivity contribution >= 4 is 21.4 Å². The Morgan fingerprint density at radius 2 is 2.00 bits per heavy atom. The molecular formula is C10H14N2O3S. The van der Waals surface area contributed by atoms with Crippen LogP contribution in [0.15, 0.2) is 23.1 Å². The molecule has 0 aliphatic carbocycles. The van der Waals surface area contributed by atoms with Gasteiger partial charge < -0.3 is 11.5 Å². The molecule has 0 aliphatic rings. The molecule has 0 saturated heterocycles. The van der Waals surface area contributed by atoms with Crippen molar-refractivity contribution in [1.82, 2.24) is 0 Å². The zero-order valence-electron chi connectivity index (χ0n) is 8.93. The van der Waals surface area contributed by atoms with Gasteiger partial charge in [0.25, 0.3) is 0 Å². The van der Waals surface area contributed by atoms with E-state index in [4.69, 9.17) is 11.5 Å². The van der Waals surface area contributed by atoms with Gasteiger partial charge in [-0.05, 0) is 24.6 Å². The van der Waals surface area contributed by atoms with Crippen LogP contribution in [-0.4, -0.2) is 20.1 Å². The van der Waals surface area contributed by atoms with Gasteiger partial charge in [0.2, 0.25) is 5.91 Å². The Morgan fingerprint density at radius 1 is 1.38 bits per heavy atom. The Hall–Kier alpha value is -1.56. The number of amides is 1. The number of hydrogen-bond donors (Lipinski definition) is 2. The fraction of sp³-hybridized carbons (Fsp3) is 0.300. The van der Waals surface area contributed by atoms with Gasteiger partial charge in [-0.3, -0.25) is 4.79 Å². The molecule has 0 spiro atoms. The van der Waals surface area contributed by atoms with E-state index in [1.807, 2.05) is 0 Å². The highest BCUT2D eigenvalue weighted by atomic mass is 32.2. The highest BCUT2D eigenvalue weighted by molar-refractivity contribution is 7.91. The first-order valence-corrected chi connectivity index (χ1v) is 6.35. The number of carbonyl (C=O) groups excluding carboxylic acids is 1. The van der Waals surface area contributed by atoms with Crippen LogP contribution in [0.1, 0.15) is 12.0 Å². The maximum absolute atomic E-state index is 11.8. The summed E-state index contributed by atoms with van der Waals surface area (Å²) in [4.78, 5) is 10.7. The molecule has 5 nitrogen and oxygen atoms in total. The standard InChI is InChI=1S/C10H14N2O3S/c1-7-2-3-8(11)6-9(7)16(14,15)5-4-10(12)13/h2-3,6H,4-5,11H2,1H3,(H2,12,13). The Kier molecular flexibility index (Phi) is 3.54. The smallest absolute Gasteiger partial charge is 0.218 e. The van der Waals surface area contributed by atoms with Gasteiger partial charge in [-0.2, -0.15) is 0 Å². The minimum Gasteiger partial charge on any atom is -0.399 e. The molecule has 0 atom stereocenters. The third-order valence-corrected chi connectivity index (χ3v) is 4.02. The van der Waals surface area contributed by atoms with E-state index in [1.165, 1.54) is 6.07 Å². The maximum Gasteiger partial charge on any atom is 0.218 e. The molecule has 1 amide bonds. The molecule has 1 rings (SSSR count). The van der Waals surface area contributed by atoms with Crippen LogP contribution in [-0.2, 0) is 14.6 Å². The molecule has 6 heteroatoms. The molecule has 16 heavy (non-hydrogen) atoms. The second-order valence-corrected chi connectivity index (χ2v) is 5.64. The quantitative estimate of drug-likeness (QED) is 0.737. The summed E-state index contributed by atoms with van der Waals surface area (Å²) in [5, 5.41) is 0. The van der Waals surface area contributed by atoms with Crippen LogP contribution in [0.2, 0.25) is 0 Å². The van der Waals surface area contributed by atoms with Crippen LogP contribution < -0.4 is 11.5 Å². The number of rotatable bonds is 4. The third-order valence-electron chi connectivity index (χ3n) is 2.16. The van der Waals surface area contributed by atoms with Crippen LogP contribution in [0.25, 0.3) is 0 Å². The zero-order valence-corrected chi connectivity index (χ0v) is 9.75. The molecule has 1 aromatic rings. The number of nitrogens with two attached hydrogens (primary N) is 2. The molecule has 0 saturated carbocycles. The second kappa shape index (κ2) is 4.52. The van der Waals surface area contributed by atoms with E-state index >= 15 is 0 Å². The lowest BCUT2D eigenvalue weighted by atomic mass is 10.2. The minimum absolute atomic E-state index is 0.161. The first-order chi connectivity index (χ1) is 7.33. The monoisotopic (exact) mass is 242 g/mol. The van der Waals surface area contributed by atoms with Gasteiger partial charge in [0.1, 0.15) is 0 Å². The zero-order chi connectivity index (χ0) is 12.3. The molecule has 0 heterocycles. The topological polar surface area (TPSA) is 103 Å². The molecule has 0 radical (unpaired) electrons. The van der Waals surface area contributed by atoms with Gasteiger partial charge in [0.05, 0.1) is 10.6 Å². The summed E-state index contributed by atoms with van der Waals surface area (Å²) in [6.07, 6.45) is -0.184.